The number of aryl methyl sites for hydroxylation is 1. The fourth-order valence-electron chi connectivity index (χ4n) is 0.998. The number of hydrogen-bond donors (Lipinski definition) is 0. The van der Waals surface area contributed by atoms with Crippen LogP contribution in [0, 0.1) is 27.7 Å². The van der Waals surface area contributed by atoms with Crippen molar-refractivity contribution in [3.63, 3.8) is 0 Å². The quantitative estimate of drug-likeness (QED) is 0.314. The summed E-state index contributed by atoms with van der Waals surface area (Å²) in [5.74, 6) is 0. The normalized spacial score (nSPS) is 9.23. The highest BCUT2D eigenvalue weighted by Gasteiger charge is 2.16. The summed E-state index contributed by atoms with van der Waals surface area (Å²) >= 11 is 0.808. The van der Waals surface area contributed by atoms with Gasteiger partial charge < -0.3 is 0 Å². The Labute approximate surface area is 79.3 Å². The van der Waals surface area contributed by atoms with Crippen molar-refractivity contribution in [1.82, 2.24) is 0 Å². The average molecular weight is 194 g/mol. The monoisotopic (exact) mass is 194 g/mol. The molecular formula is C8H6N2O2S. The summed E-state index contributed by atoms with van der Waals surface area (Å²) in [6, 6.07) is 4.92. The van der Waals surface area contributed by atoms with Gasteiger partial charge in [0.2, 0.25) is 0 Å². The first-order valence-corrected chi connectivity index (χ1v) is 4.28. The van der Waals surface area contributed by atoms with Gasteiger partial charge in [0.25, 0.3) is 5.69 Å². The summed E-state index contributed by atoms with van der Waals surface area (Å²) in [7, 11) is 0. The molecule has 1 rings (SSSR count). The number of nitriles is 1. The van der Waals surface area contributed by atoms with E-state index >= 15 is 0 Å². The lowest BCUT2D eigenvalue weighted by Gasteiger charge is -1.99. The molecule has 0 aliphatic heterocycles. The van der Waals surface area contributed by atoms with E-state index in [4.69, 9.17) is 5.26 Å². The second-order valence-electron chi connectivity index (χ2n) is 2.37. The SMILES string of the molecule is Cc1cccc(SC#N)c1[N+](=O)[O-]. The second-order valence-corrected chi connectivity index (χ2v) is 3.20. The molecule has 0 unspecified atom stereocenters. The molecule has 0 N–H and O–H groups in total. The number of hydrogen-bond acceptors (Lipinski definition) is 4. The van der Waals surface area contributed by atoms with E-state index in [0.717, 1.165) is 11.8 Å². The van der Waals surface area contributed by atoms with Crippen LogP contribution in [-0.2, 0) is 0 Å². The van der Waals surface area contributed by atoms with Crippen LogP contribution in [0.25, 0.3) is 0 Å². The molecule has 0 heterocycles. The number of nitro benzene ring substituents is 1. The maximum atomic E-state index is 10.6. The van der Waals surface area contributed by atoms with Crippen molar-refractivity contribution in [2.45, 2.75) is 11.8 Å². The molecule has 0 aromatic heterocycles. The summed E-state index contributed by atoms with van der Waals surface area (Å²) in [6.07, 6.45) is 0. The highest BCUT2D eigenvalue weighted by molar-refractivity contribution is 8.03. The van der Waals surface area contributed by atoms with Crippen LogP contribution in [0.3, 0.4) is 0 Å². The molecular weight excluding hydrogens is 188 g/mol. The van der Waals surface area contributed by atoms with E-state index in [9.17, 15) is 10.1 Å². The van der Waals surface area contributed by atoms with Crippen molar-refractivity contribution in [3.8, 4) is 5.40 Å². The van der Waals surface area contributed by atoms with E-state index in [1.165, 1.54) is 0 Å². The Morgan fingerprint density at radius 1 is 1.62 bits per heavy atom. The summed E-state index contributed by atoms with van der Waals surface area (Å²) < 4.78 is 0. The highest BCUT2D eigenvalue weighted by atomic mass is 32.2. The minimum absolute atomic E-state index is 0.0223. The molecule has 0 saturated heterocycles. The maximum absolute atomic E-state index is 10.6. The van der Waals surface area contributed by atoms with Crippen LogP contribution >= 0.6 is 11.8 Å². The molecule has 0 saturated carbocycles. The van der Waals surface area contributed by atoms with Crippen LogP contribution in [0.5, 0.6) is 0 Å². The third-order valence-corrected chi connectivity index (χ3v) is 2.18. The topological polar surface area (TPSA) is 66.9 Å². The van der Waals surface area contributed by atoms with E-state index in [1.807, 2.05) is 5.40 Å². The molecule has 0 aliphatic carbocycles. The molecule has 0 radical (unpaired) electrons. The molecule has 5 heteroatoms. The van der Waals surface area contributed by atoms with Crippen LogP contribution in [-0.4, -0.2) is 4.92 Å². The molecule has 0 bridgehead atoms. The standard InChI is InChI=1S/C8H6N2O2S/c1-6-3-2-4-7(13-5-9)8(6)10(11)12/h2-4H,1H3. The number of nitrogens with zero attached hydrogens (tertiary/aromatic N) is 2. The smallest absolute Gasteiger partial charge is 0.258 e. The van der Waals surface area contributed by atoms with E-state index in [1.54, 1.807) is 25.1 Å². The summed E-state index contributed by atoms with van der Waals surface area (Å²) in [5.41, 5.74) is 0.597. The molecule has 1 aromatic carbocycles. The van der Waals surface area contributed by atoms with E-state index < -0.39 is 4.92 Å². The Morgan fingerprint density at radius 2 is 2.31 bits per heavy atom. The molecule has 0 spiro atoms. The van der Waals surface area contributed by atoms with Gasteiger partial charge in [-0.3, -0.25) is 10.1 Å². The Balaban J connectivity index is 3.27. The van der Waals surface area contributed by atoms with Gasteiger partial charge in [0.05, 0.1) is 4.92 Å². The third-order valence-electron chi connectivity index (χ3n) is 1.54. The fraction of sp³-hybridized carbons (Fsp3) is 0.125. The van der Waals surface area contributed by atoms with Gasteiger partial charge in [-0.2, -0.15) is 5.26 Å². The Bertz CT molecular complexity index is 384. The Kier molecular flexibility index (Phi) is 2.88. The zero-order valence-electron chi connectivity index (χ0n) is 6.85. The molecule has 0 fully saturated rings. The summed E-state index contributed by atoms with van der Waals surface area (Å²) in [5, 5.41) is 20.8. The van der Waals surface area contributed by atoms with Crippen LogP contribution < -0.4 is 0 Å². The zero-order valence-corrected chi connectivity index (χ0v) is 7.67. The Hall–Kier alpha value is -1.54. The fourth-order valence-corrected chi connectivity index (χ4v) is 1.57. The van der Waals surface area contributed by atoms with Crippen molar-refractivity contribution in [1.29, 1.82) is 5.26 Å². The first kappa shape index (κ1) is 9.55. The van der Waals surface area contributed by atoms with Gasteiger partial charge >= 0.3 is 0 Å². The van der Waals surface area contributed by atoms with Crippen molar-refractivity contribution in [2.75, 3.05) is 0 Å². The van der Waals surface area contributed by atoms with Crippen molar-refractivity contribution in [2.24, 2.45) is 0 Å². The highest BCUT2D eigenvalue weighted by Crippen LogP contribution is 2.30. The van der Waals surface area contributed by atoms with Crippen molar-refractivity contribution in [3.05, 3.63) is 33.9 Å². The van der Waals surface area contributed by atoms with E-state index in [2.05, 4.69) is 0 Å². The molecule has 1 aromatic rings. The lowest BCUT2D eigenvalue weighted by Crippen LogP contribution is -1.93. The van der Waals surface area contributed by atoms with Crippen molar-refractivity contribution >= 4 is 17.4 Å². The lowest BCUT2D eigenvalue weighted by atomic mass is 10.2. The van der Waals surface area contributed by atoms with Gasteiger partial charge in [0, 0.05) is 5.56 Å². The summed E-state index contributed by atoms with van der Waals surface area (Å²) in [4.78, 5) is 10.5. The lowest BCUT2D eigenvalue weighted by molar-refractivity contribution is -0.388. The zero-order chi connectivity index (χ0) is 9.84. The number of thiocyanates is 1. The van der Waals surface area contributed by atoms with Crippen LogP contribution in [0.4, 0.5) is 5.69 Å². The predicted octanol–water partition coefficient (Wildman–Crippen LogP) is 2.48. The molecule has 0 amide bonds. The van der Waals surface area contributed by atoms with Crippen molar-refractivity contribution < 1.29 is 4.92 Å². The number of thioether (sulfide) groups is 1. The maximum Gasteiger partial charge on any atom is 0.286 e. The molecule has 0 atom stereocenters. The first-order chi connectivity index (χ1) is 6.16. The largest absolute Gasteiger partial charge is 0.286 e. The minimum atomic E-state index is -0.463. The van der Waals surface area contributed by atoms with Gasteiger partial charge in [0.15, 0.2) is 0 Å². The van der Waals surface area contributed by atoms with Crippen LogP contribution in [0.15, 0.2) is 23.1 Å². The number of nitro groups is 1. The van der Waals surface area contributed by atoms with Gasteiger partial charge in [-0.05, 0) is 24.8 Å². The molecule has 13 heavy (non-hydrogen) atoms. The number of benzene rings is 1. The van der Waals surface area contributed by atoms with Gasteiger partial charge in [-0.1, -0.05) is 12.1 Å². The van der Waals surface area contributed by atoms with Crippen LogP contribution in [0.1, 0.15) is 5.56 Å². The predicted molar refractivity (Wildman–Crippen MR) is 49.3 cm³/mol. The molecule has 0 aliphatic rings. The van der Waals surface area contributed by atoms with Gasteiger partial charge in [0.1, 0.15) is 10.3 Å². The minimum Gasteiger partial charge on any atom is -0.258 e. The number of para-hydroxylation sites is 1. The van der Waals surface area contributed by atoms with E-state index in [0.29, 0.717) is 10.5 Å². The molecule has 66 valence electrons. The second kappa shape index (κ2) is 3.92. The average Bonchev–Trinajstić information content (AvgIpc) is 2.04. The molecule has 4 nitrogen and oxygen atoms in total. The number of rotatable bonds is 2. The summed E-state index contributed by atoms with van der Waals surface area (Å²) in [6.45, 7) is 1.65. The van der Waals surface area contributed by atoms with Gasteiger partial charge in [-0.25, -0.2) is 0 Å². The van der Waals surface area contributed by atoms with E-state index in [-0.39, 0.29) is 5.69 Å². The first-order valence-electron chi connectivity index (χ1n) is 3.46. The Morgan fingerprint density at radius 3 is 2.85 bits per heavy atom. The van der Waals surface area contributed by atoms with Gasteiger partial charge in [-0.15, -0.1) is 0 Å². The third kappa shape index (κ3) is 1.98. The van der Waals surface area contributed by atoms with Crippen LogP contribution in [0.2, 0.25) is 0 Å².